The van der Waals surface area contributed by atoms with Gasteiger partial charge in [0.2, 0.25) is 0 Å². The summed E-state index contributed by atoms with van der Waals surface area (Å²) in [5.41, 5.74) is 0. The number of hydrogen-bond acceptors (Lipinski definition) is 3. The standard InChI is InChI=1S/C4H6N2O3/c1-2-9-6(5)4(8)3-7/h5H,2H2,1H3. The van der Waals surface area contributed by atoms with Crippen molar-refractivity contribution in [3.8, 4) is 0 Å². The molecule has 5 heteroatoms. The first kappa shape index (κ1) is 8.06. The predicted octanol–water partition coefficient (Wildman–Crippen LogP) is -0.926. The molecule has 0 heterocycles. The van der Waals surface area contributed by atoms with Gasteiger partial charge >= 0.3 is 5.91 Å². The summed E-state index contributed by atoms with van der Waals surface area (Å²) in [4.78, 5) is 23.9. The van der Waals surface area contributed by atoms with E-state index in [-0.39, 0.29) is 11.8 Å². The first-order valence-electron chi connectivity index (χ1n) is 2.28. The van der Waals surface area contributed by atoms with Gasteiger partial charge in [-0.1, -0.05) is 0 Å². The third-order valence-electron chi connectivity index (χ3n) is 0.530. The van der Waals surface area contributed by atoms with Gasteiger partial charge in [-0.25, -0.2) is 0 Å². The summed E-state index contributed by atoms with van der Waals surface area (Å²) in [6.07, 6.45) is 0.974. The van der Waals surface area contributed by atoms with E-state index in [9.17, 15) is 9.59 Å². The Bertz CT molecular complexity index is 114. The molecule has 2 radical (unpaired) electrons. The Morgan fingerprint density at radius 3 is 2.78 bits per heavy atom. The number of hydroxylamine groups is 1. The van der Waals surface area contributed by atoms with Gasteiger partial charge in [0, 0.05) is 0 Å². The fourth-order valence-electron chi connectivity index (χ4n) is 0.229. The highest BCUT2D eigenvalue weighted by atomic mass is 16.7. The number of nitrogens with zero attached hydrogens (tertiary/aromatic N) is 1. The molecule has 0 aliphatic heterocycles. The lowest BCUT2D eigenvalue weighted by Gasteiger charge is -2.07. The summed E-state index contributed by atoms with van der Waals surface area (Å²) in [6, 6.07) is 0. The number of carbonyl (C=O) groups excluding carboxylic acids is 2. The van der Waals surface area contributed by atoms with Crippen molar-refractivity contribution in [2.24, 2.45) is 0 Å². The average molecular weight is 130 g/mol. The highest BCUT2D eigenvalue weighted by molar-refractivity contribution is 6.23. The molecule has 0 saturated carbocycles. The topological polar surface area (TPSA) is 70.4 Å². The van der Waals surface area contributed by atoms with E-state index in [1.165, 1.54) is 0 Å². The molecule has 0 saturated heterocycles. The van der Waals surface area contributed by atoms with Gasteiger partial charge in [-0.3, -0.25) is 14.4 Å². The molecule has 0 atom stereocenters. The van der Waals surface area contributed by atoms with E-state index < -0.39 is 5.91 Å². The Kier molecular flexibility index (Phi) is 3.57. The van der Waals surface area contributed by atoms with Crippen LogP contribution in [0.25, 0.3) is 0 Å². The van der Waals surface area contributed by atoms with E-state index in [0.717, 1.165) is 6.29 Å². The van der Waals surface area contributed by atoms with Crippen molar-refractivity contribution in [2.75, 3.05) is 6.61 Å². The highest BCUT2D eigenvalue weighted by Gasteiger charge is 2.07. The van der Waals surface area contributed by atoms with Crippen molar-refractivity contribution in [3.63, 3.8) is 0 Å². The Labute approximate surface area is 52.3 Å². The Balaban J connectivity index is 3.58. The van der Waals surface area contributed by atoms with Crippen LogP contribution < -0.4 is 5.84 Å². The third-order valence-corrected chi connectivity index (χ3v) is 0.530. The van der Waals surface area contributed by atoms with Gasteiger partial charge in [-0.05, 0) is 6.92 Å². The molecule has 0 bridgehead atoms. The smallest absolute Gasteiger partial charge is 0.279 e. The van der Waals surface area contributed by atoms with Crippen LogP contribution in [0.3, 0.4) is 0 Å². The first-order chi connectivity index (χ1) is 4.22. The molecule has 0 rings (SSSR count). The van der Waals surface area contributed by atoms with Gasteiger partial charge in [-0.15, -0.1) is 11.0 Å². The Morgan fingerprint density at radius 2 is 2.44 bits per heavy atom. The maximum Gasteiger partial charge on any atom is 0.338 e. The minimum Gasteiger partial charge on any atom is -0.279 e. The number of amides is 1. The molecule has 1 N–H and O–H groups in total. The zero-order valence-electron chi connectivity index (χ0n) is 4.88. The number of rotatable bonds is 3. The second kappa shape index (κ2) is 3.99. The first-order valence-corrected chi connectivity index (χ1v) is 2.28. The highest BCUT2D eigenvalue weighted by Crippen LogP contribution is 1.80. The molecular formula is C4H6N2O3. The molecule has 0 aromatic rings. The van der Waals surface area contributed by atoms with Crippen LogP contribution in [-0.2, 0) is 14.4 Å². The summed E-state index contributed by atoms with van der Waals surface area (Å²) < 4.78 is 0. The fraction of sp³-hybridized carbons (Fsp3) is 0.500. The van der Waals surface area contributed by atoms with Crippen LogP contribution in [0.15, 0.2) is 0 Å². The van der Waals surface area contributed by atoms with Crippen LogP contribution in [0.2, 0.25) is 0 Å². The SMILES string of the molecule is CCON([NH])C(=O)[C]=O. The van der Waals surface area contributed by atoms with Gasteiger partial charge in [0.25, 0.3) is 6.29 Å². The largest absolute Gasteiger partial charge is 0.338 e. The molecule has 0 spiro atoms. The zero-order valence-corrected chi connectivity index (χ0v) is 4.88. The van der Waals surface area contributed by atoms with Crippen molar-refractivity contribution < 1.29 is 14.4 Å². The monoisotopic (exact) mass is 130 g/mol. The minimum absolute atomic E-state index is 0.0903. The Hall–Kier alpha value is -0.940. The lowest BCUT2D eigenvalue weighted by Crippen LogP contribution is -2.30. The van der Waals surface area contributed by atoms with Crippen molar-refractivity contribution in [1.82, 2.24) is 11.0 Å². The molecule has 0 aliphatic carbocycles. The van der Waals surface area contributed by atoms with Gasteiger partial charge in [-0.2, -0.15) is 0 Å². The summed E-state index contributed by atoms with van der Waals surface area (Å²) >= 11 is 0. The quantitative estimate of drug-likeness (QED) is 0.366. The number of nitrogens with one attached hydrogen (secondary N) is 1. The third kappa shape index (κ3) is 2.78. The molecule has 0 unspecified atom stereocenters. The maximum absolute atomic E-state index is 10.1. The summed E-state index contributed by atoms with van der Waals surface area (Å²) in [7, 11) is 0. The number of hydrogen-bond donors (Lipinski definition) is 0. The van der Waals surface area contributed by atoms with E-state index in [1.54, 1.807) is 6.92 Å². The zero-order chi connectivity index (χ0) is 7.28. The molecule has 9 heavy (non-hydrogen) atoms. The maximum atomic E-state index is 10.1. The van der Waals surface area contributed by atoms with Gasteiger partial charge in [0.1, 0.15) is 0 Å². The van der Waals surface area contributed by atoms with Crippen LogP contribution in [0.1, 0.15) is 6.92 Å². The lowest BCUT2D eigenvalue weighted by atomic mass is 10.7. The fourth-order valence-corrected chi connectivity index (χ4v) is 0.229. The minimum atomic E-state index is -1.13. The van der Waals surface area contributed by atoms with E-state index in [1.807, 2.05) is 0 Å². The van der Waals surface area contributed by atoms with Gasteiger partial charge in [0.05, 0.1) is 6.61 Å². The second-order valence-corrected chi connectivity index (χ2v) is 1.12. The summed E-state index contributed by atoms with van der Waals surface area (Å²) in [5, 5.41) is 0.0903. The summed E-state index contributed by atoms with van der Waals surface area (Å²) in [6.45, 7) is 1.77. The number of carbonyl (C=O) groups is 1. The van der Waals surface area contributed by atoms with E-state index in [0.29, 0.717) is 0 Å². The lowest BCUT2D eigenvalue weighted by molar-refractivity contribution is -0.182. The molecule has 1 amide bonds. The van der Waals surface area contributed by atoms with E-state index in [2.05, 4.69) is 4.84 Å². The van der Waals surface area contributed by atoms with E-state index in [4.69, 9.17) is 5.84 Å². The molecule has 0 aromatic heterocycles. The van der Waals surface area contributed by atoms with Crippen LogP contribution in [0.5, 0.6) is 0 Å². The van der Waals surface area contributed by atoms with Crippen LogP contribution in [-0.4, -0.2) is 24.0 Å². The van der Waals surface area contributed by atoms with Crippen molar-refractivity contribution in [3.05, 3.63) is 0 Å². The van der Waals surface area contributed by atoms with E-state index >= 15 is 0 Å². The molecular weight excluding hydrogens is 124 g/mol. The van der Waals surface area contributed by atoms with Crippen LogP contribution >= 0.6 is 0 Å². The molecule has 0 aromatic carbocycles. The normalized spacial score (nSPS) is 8.67. The second-order valence-electron chi connectivity index (χ2n) is 1.12. The molecule has 0 aliphatic rings. The van der Waals surface area contributed by atoms with Crippen LogP contribution in [0.4, 0.5) is 0 Å². The summed E-state index contributed by atoms with van der Waals surface area (Å²) in [5.74, 6) is 5.45. The average Bonchev–Trinajstić information content (AvgIpc) is 1.87. The van der Waals surface area contributed by atoms with Gasteiger partial charge in [0.15, 0.2) is 0 Å². The Morgan fingerprint density at radius 1 is 1.89 bits per heavy atom. The molecule has 0 fully saturated rings. The van der Waals surface area contributed by atoms with Crippen molar-refractivity contribution in [2.45, 2.75) is 6.92 Å². The van der Waals surface area contributed by atoms with Crippen molar-refractivity contribution in [1.29, 1.82) is 0 Å². The molecule has 50 valence electrons. The van der Waals surface area contributed by atoms with Gasteiger partial charge < -0.3 is 0 Å². The predicted molar refractivity (Wildman–Crippen MR) is 27.3 cm³/mol. The van der Waals surface area contributed by atoms with Crippen molar-refractivity contribution >= 4 is 12.2 Å². The molecule has 5 nitrogen and oxygen atoms in total. The van der Waals surface area contributed by atoms with Crippen LogP contribution in [0, 0.1) is 0 Å².